The molecule has 0 saturated carbocycles. The third kappa shape index (κ3) is 6.39. The van der Waals surface area contributed by atoms with E-state index < -0.39 is 27.4 Å². The van der Waals surface area contributed by atoms with Gasteiger partial charge in [-0.3, -0.25) is 19.2 Å². The highest BCUT2D eigenvalue weighted by molar-refractivity contribution is 7.92. The van der Waals surface area contributed by atoms with Crippen molar-refractivity contribution in [3.05, 3.63) is 100 Å². The van der Waals surface area contributed by atoms with Gasteiger partial charge in [0.25, 0.3) is 15.7 Å². The molecular formula is C24H25N3O5S. The first-order valence-electron chi connectivity index (χ1n) is 10.4. The summed E-state index contributed by atoms with van der Waals surface area (Å²) >= 11 is 0. The Morgan fingerprint density at radius 3 is 2.42 bits per heavy atom. The zero-order valence-electron chi connectivity index (χ0n) is 18.2. The molecule has 3 aromatic rings. The molecule has 3 aromatic carbocycles. The molecule has 0 bridgehead atoms. The number of benzene rings is 3. The molecule has 0 heterocycles. The monoisotopic (exact) mass is 467 g/mol. The fraction of sp³-hybridized carbons (Fsp3) is 0.208. The number of nitro groups is 1. The summed E-state index contributed by atoms with van der Waals surface area (Å²) in [6.07, 6.45) is 1.47. The van der Waals surface area contributed by atoms with Crippen molar-refractivity contribution in [1.82, 2.24) is 5.32 Å². The summed E-state index contributed by atoms with van der Waals surface area (Å²) in [4.78, 5) is 23.2. The maximum absolute atomic E-state index is 13.3. The van der Waals surface area contributed by atoms with Gasteiger partial charge in [-0.05, 0) is 43.5 Å². The molecule has 0 radical (unpaired) electrons. The third-order valence-corrected chi connectivity index (χ3v) is 6.78. The fourth-order valence-corrected chi connectivity index (χ4v) is 4.80. The maximum Gasteiger partial charge on any atom is 0.271 e. The van der Waals surface area contributed by atoms with Crippen molar-refractivity contribution in [2.24, 2.45) is 0 Å². The molecular weight excluding hydrogens is 442 g/mol. The van der Waals surface area contributed by atoms with E-state index in [9.17, 15) is 23.3 Å². The molecule has 172 valence electrons. The zero-order valence-corrected chi connectivity index (χ0v) is 19.0. The molecule has 0 atom stereocenters. The lowest BCUT2D eigenvalue weighted by Gasteiger charge is -2.24. The van der Waals surface area contributed by atoms with Crippen LogP contribution in [-0.4, -0.2) is 32.3 Å². The molecule has 0 saturated heterocycles. The van der Waals surface area contributed by atoms with E-state index in [4.69, 9.17) is 0 Å². The Bertz CT molecular complexity index is 1230. The van der Waals surface area contributed by atoms with E-state index in [-0.39, 0.29) is 16.3 Å². The van der Waals surface area contributed by atoms with E-state index in [1.54, 1.807) is 18.2 Å². The minimum Gasteiger partial charge on any atom is -0.355 e. The highest BCUT2D eigenvalue weighted by atomic mass is 32.2. The number of carbonyl (C=O) groups excluding carboxylic acids is 1. The second kappa shape index (κ2) is 10.7. The summed E-state index contributed by atoms with van der Waals surface area (Å²) in [7, 11) is -4.12. The van der Waals surface area contributed by atoms with Crippen molar-refractivity contribution < 1.29 is 18.1 Å². The van der Waals surface area contributed by atoms with Gasteiger partial charge in [0.2, 0.25) is 5.91 Å². The van der Waals surface area contributed by atoms with Crippen LogP contribution < -0.4 is 9.62 Å². The van der Waals surface area contributed by atoms with Crippen LogP contribution in [-0.2, 0) is 21.2 Å². The topological polar surface area (TPSA) is 110 Å². The molecule has 0 aliphatic rings. The molecule has 8 nitrogen and oxygen atoms in total. The van der Waals surface area contributed by atoms with Crippen LogP contribution in [0.2, 0.25) is 0 Å². The van der Waals surface area contributed by atoms with Gasteiger partial charge in [0.05, 0.1) is 15.5 Å². The van der Waals surface area contributed by atoms with Crippen LogP contribution in [0, 0.1) is 17.0 Å². The highest BCUT2D eigenvalue weighted by Crippen LogP contribution is 2.26. The Morgan fingerprint density at radius 1 is 1.00 bits per heavy atom. The van der Waals surface area contributed by atoms with Gasteiger partial charge in [0.15, 0.2) is 0 Å². The zero-order chi connectivity index (χ0) is 23.8. The van der Waals surface area contributed by atoms with E-state index in [1.165, 1.54) is 30.3 Å². The highest BCUT2D eigenvalue weighted by Gasteiger charge is 2.28. The van der Waals surface area contributed by atoms with E-state index in [2.05, 4.69) is 11.4 Å². The van der Waals surface area contributed by atoms with E-state index in [0.29, 0.717) is 13.0 Å². The summed E-state index contributed by atoms with van der Waals surface area (Å²) < 4.78 is 27.4. The van der Waals surface area contributed by atoms with Crippen molar-refractivity contribution in [2.75, 3.05) is 17.4 Å². The van der Waals surface area contributed by atoms with Crippen molar-refractivity contribution >= 4 is 27.3 Å². The first kappa shape index (κ1) is 23.9. The number of aryl methyl sites for hydroxylation is 2. The first-order chi connectivity index (χ1) is 15.8. The van der Waals surface area contributed by atoms with Crippen molar-refractivity contribution in [1.29, 1.82) is 0 Å². The van der Waals surface area contributed by atoms with E-state index in [1.807, 2.05) is 25.1 Å². The number of rotatable bonds is 10. The fourth-order valence-electron chi connectivity index (χ4n) is 3.37. The second-order valence-corrected chi connectivity index (χ2v) is 9.41. The number of non-ortho nitro benzene ring substituents is 1. The third-order valence-electron chi connectivity index (χ3n) is 4.99. The van der Waals surface area contributed by atoms with Crippen LogP contribution in [0.3, 0.4) is 0 Å². The molecule has 1 amide bonds. The Kier molecular flexibility index (Phi) is 7.78. The van der Waals surface area contributed by atoms with Gasteiger partial charge in [-0.25, -0.2) is 8.42 Å². The Morgan fingerprint density at radius 2 is 1.73 bits per heavy atom. The number of hydrogen-bond acceptors (Lipinski definition) is 5. The standard InChI is InChI=1S/C24H25N3O5S/c1-19-8-5-9-20(16-19)10-7-15-25-24(28)18-26(21-11-6-12-22(17-21)27(29)30)33(31,32)23-13-3-2-4-14-23/h2-6,8-9,11-14,16-17H,7,10,15,18H2,1H3,(H,25,28). The maximum atomic E-state index is 13.3. The van der Waals surface area contributed by atoms with Gasteiger partial charge in [-0.1, -0.05) is 54.1 Å². The number of hydrogen-bond donors (Lipinski definition) is 1. The minimum absolute atomic E-state index is 0.0104. The van der Waals surface area contributed by atoms with Crippen LogP contribution in [0.4, 0.5) is 11.4 Å². The van der Waals surface area contributed by atoms with Gasteiger partial charge >= 0.3 is 0 Å². The second-order valence-electron chi connectivity index (χ2n) is 7.54. The average molecular weight is 468 g/mol. The van der Waals surface area contributed by atoms with Crippen LogP contribution in [0.1, 0.15) is 17.5 Å². The van der Waals surface area contributed by atoms with Gasteiger partial charge in [-0.15, -0.1) is 0 Å². The van der Waals surface area contributed by atoms with Gasteiger partial charge in [0.1, 0.15) is 6.54 Å². The molecule has 33 heavy (non-hydrogen) atoms. The normalized spacial score (nSPS) is 11.1. The number of nitro benzene ring substituents is 1. The van der Waals surface area contributed by atoms with Crippen LogP contribution in [0.25, 0.3) is 0 Å². The first-order valence-corrected chi connectivity index (χ1v) is 11.9. The summed E-state index contributed by atoms with van der Waals surface area (Å²) in [5.74, 6) is -0.495. The quantitative estimate of drug-likeness (QED) is 0.277. The Hall–Kier alpha value is -3.72. The van der Waals surface area contributed by atoms with Gasteiger partial charge in [0, 0.05) is 18.7 Å². The van der Waals surface area contributed by atoms with Gasteiger partial charge < -0.3 is 5.32 Å². The Labute approximate surface area is 193 Å². The summed E-state index contributed by atoms with van der Waals surface area (Å²) in [5, 5.41) is 13.9. The number of anilines is 1. The van der Waals surface area contributed by atoms with Crippen molar-refractivity contribution in [3.63, 3.8) is 0 Å². The van der Waals surface area contributed by atoms with E-state index in [0.717, 1.165) is 27.9 Å². The van der Waals surface area contributed by atoms with E-state index >= 15 is 0 Å². The van der Waals surface area contributed by atoms with Crippen molar-refractivity contribution in [2.45, 2.75) is 24.7 Å². The Balaban J connectivity index is 1.75. The summed E-state index contributed by atoms with van der Waals surface area (Å²) in [5.41, 5.74) is 2.10. The number of nitrogens with zero attached hydrogens (tertiary/aromatic N) is 2. The predicted molar refractivity (Wildman–Crippen MR) is 127 cm³/mol. The number of sulfonamides is 1. The van der Waals surface area contributed by atoms with Crippen LogP contribution in [0.5, 0.6) is 0 Å². The minimum atomic E-state index is -4.12. The van der Waals surface area contributed by atoms with Gasteiger partial charge in [-0.2, -0.15) is 0 Å². The molecule has 0 fully saturated rings. The average Bonchev–Trinajstić information content (AvgIpc) is 2.81. The summed E-state index contributed by atoms with van der Waals surface area (Å²) in [6.45, 7) is 1.89. The number of carbonyl (C=O) groups is 1. The number of nitrogens with one attached hydrogen (secondary N) is 1. The SMILES string of the molecule is Cc1cccc(CCCNC(=O)CN(c2cccc([N+](=O)[O-])c2)S(=O)(=O)c2ccccc2)c1. The van der Waals surface area contributed by atoms with Crippen LogP contribution in [0.15, 0.2) is 83.8 Å². The molecule has 0 aliphatic carbocycles. The summed E-state index contributed by atoms with van der Waals surface area (Å²) in [6, 6.07) is 21.0. The molecule has 9 heteroatoms. The molecule has 1 N–H and O–H groups in total. The molecule has 0 aliphatic heterocycles. The molecule has 0 spiro atoms. The lowest BCUT2D eigenvalue weighted by molar-refractivity contribution is -0.384. The lowest BCUT2D eigenvalue weighted by atomic mass is 10.1. The van der Waals surface area contributed by atoms with Crippen molar-refractivity contribution in [3.8, 4) is 0 Å². The molecule has 3 rings (SSSR count). The van der Waals surface area contributed by atoms with Crippen LogP contribution >= 0.6 is 0 Å². The lowest BCUT2D eigenvalue weighted by Crippen LogP contribution is -2.41. The smallest absolute Gasteiger partial charge is 0.271 e. The molecule has 0 aromatic heterocycles. The predicted octanol–water partition coefficient (Wildman–Crippen LogP) is 3.85. The largest absolute Gasteiger partial charge is 0.355 e. The molecule has 0 unspecified atom stereocenters. The number of amides is 1.